The van der Waals surface area contributed by atoms with Crippen molar-refractivity contribution in [2.24, 2.45) is 0 Å². The van der Waals surface area contributed by atoms with Gasteiger partial charge in [0.1, 0.15) is 8.07 Å². The minimum absolute atomic E-state index is 0.479. The molecular formula is C21H26OSi. The van der Waals surface area contributed by atoms with E-state index in [9.17, 15) is 5.11 Å². The van der Waals surface area contributed by atoms with Gasteiger partial charge in [-0.3, -0.25) is 0 Å². The van der Waals surface area contributed by atoms with Gasteiger partial charge < -0.3 is 5.11 Å². The Kier molecular flexibility index (Phi) is 5.78. The van der Waals surface area contributed by atoms with Crippen LogP contribution in [0.4, 0.5) is 0 Å². The lowest BCUT2D eigenvalue weighted by Gasteiger charge is -2.23. The third-order valence-electron chi connectivity index (χ3n) is 4.59. The van der Waals surface area contributed by atoms with E-state index in [1.54, 1.807) is 0 Å². The summed E-state index contributed by atoms with van der Waals surface area (Å²) in [5.74, 6) is 0. The van der Waals surface area contributed by atoms with Crippen molar-refractivity contribution in [1.29, 1.82) is 0 Å². The number of hydrogen-bond acceptors (Lipinski definition) is 1. The van der Waals surface area contributed by atoms with E-state index < -0.39 is 14.2 Å². The molecule has 0 spiro atoms. The van der Waals surface area contributed by atoms with E-state index in [4.69, 9.17) is 0 Å². The van der Waals surface area contributed by atoms with E-state index in [2.05, 4.69) is 68.2 Å². The lowest BCUT2D eigenvalue weighted by Crippen LogP contribution is -2.42. The number of aliphatic hydroxyl groups is 1. The molecule has 120 valence electrons. The minimum Gasteiger partial charge on any atom is -0.388 e. The summed E-state index contributed by atoms with van der Waals surface area (Å²) in [7, 11) is -1.71. The van der Waals surface area contributed by atoms with Gasteiger partial charge in [0.15, 0.2) is 0 Å². The van der Waals surface area contributed by atoms with Gasteiger partial charge in [0.05, 0.1) is 6.10 Å². The first-order valence-corrected chi connectivity index (χ1v) is 11.1. The van der Waals surface area contributed by atoms with E-state index in [-0.39, 0.29) is 0 Å². The van der Waals surface area contributed by atoms with Gasteiger partial charge in [0.25, 0.3) is 0 Å². The standard InChI is InChI=1S/C21H26OSi/c1-17(21(22)16-19-11-7-5-8-12-19)15-18(2)23(3,4)20-13-9-6-10-14-20/h5-14,21-22H,16H2,1-4H3. The van der Waals surface area contributed by atoms with Crippen LogP contribution in [0, 0.1) is 0 Å². The normalized spacial score (nSPS) is 12.4. The molecule has 0 aromatic heterocycles. The first kappa shape index (κ1) is 17.5. The number of rotatable bonds is 5. The maximum Gasteiger partial charge on any atom is 0.116 e. The topological polar surface area (TPSA) is 20.2 Å². The van der Waals surface area contributed by atoms with Crippen LogP contribution < -0.4 is 5.19 Å². The zero-order valence-corrected chi connectivity index (χ0v) is 15.5. The van der Waals surface area contributed by atoms with Crippen LogP contribution in [0.5, 0.6) is 0 Å². The highest BCUT2D eigenvalue weighted by Gasteiger charge is 2.25. The first-order valence-electron chi connectivity index (χ1n) is 8.13. The molecule has 2 aromatic carbocycles. The molecule has 0 fully saturated rings. The third kappa shape index (κ3) is 4.55. The minimum atomic E-state index is -1.71. The molecule has 0 saturated heterocycles. The van der Waals surface area contributed by atoms with Crippen molar-refractivity contribution >= 4 is 13.3 Å². The molecule has 0 aliphatic rings. The molecule has 0 bridgehead atoms. The molecule has 1 N–H and O–H groups in total. The van der Waals surface area contributed by atoms with Gasteiger partial charge >= 0.3 is 0 Å². The summed E-state index contributed by atoms with van der Waals surface area (Å²) in [6.07, 6.45) is 0.160. The van der Waals surface area contributed by atoms with Gasteiger partial charge in [-0.1, -0.05) is 78.9 Å². The van der Waals surface area contributed by atoms with E-state index >= 15 is 0 Å². The summed E-state index contributed by atoms with van der Waals surface area (Å²) in [4.78, 5) is 0. The largest absolute Gasteiger partial charge is 0.388 e. The van der Waals surface area contributed by atoms with Crippen molar-refractivity contribution in [3.8, 4) is 0 Å². The summed E-state index contributed by atoms with van der Waals surface area (Å²) in [6, 6.07) is 20.8. The van der Waals surface area contributed by atoms with E-state index in [0.29, 0.717) is 6.42 Å². The Morgan fingerprint density at radius 1 is 0.957 bits per heavy atom. The summed E-state index contributed by atoms with van der Waals surface area (Å²) >= 11 is 0. The van der Waals surface area contributed by atoms with Crippen molar-refractivity contribution in [3.05, 3.63) is 82.7 Å². The monoisotopic (exact) mass is 322 g/mol. The van der Waals surface area contributed by atoms with Crippen LogP contribution in [0.2, 0.25) is 13.1 Å². The molecule has 23 heavy (non-hydrogen) atoms. The molecule has 0 aliphatic heterocycles. The zero-order chi connectivity index (χ0) is 16.9. The molecule has 1 unspecified atom stereocenters. The Morgan fingerprint density at radius 2 is 1.48 bits per heavy atom. The van der Waals surface area contributed by atoms with Crippen molar-refractivity contribution < 1.29 is 5.11 Å². The highest BCUT2D eigenvalue weighted by atomic mass is 28.3. The average molecular weight is 323 g/mol. The summed E-state index contributed by atoms with van der Waals surface area (Å²) in [5, 5.41) is 13.1. The van der Waals surface area contributed by atoms with Gasteiger partial charge in [-0.05, 0) is 30.2 Å². The van der Waals surface area contributed by atoms with Gasteiger partial charge in [-0.2, -0.15) is 0 Å². The molecule has 1 atom stereocenters. The molecule has 0 amide bonds. The van der Waals surface area contributed by atoms with E-state index in [1.807, 2.05) is 25.1 Å². The summed E-state index contributed by atoms with van der Waals surface area (Å²) in [5.41, 5.74) is 5.55. The Hall–Kier alpha value is -1.86. The van der Waals surface area contributed by atoms with Crippen LogP contribution in [-0.2, 0) is 6.42 Å². The molecule has 2 rings (SSSR count). The fourth-order valence-electron chi connectivity index (χ4n) is 2.60. The van der Waals surface area contributed by atoms with Gasteiger partial charge in [-0.15, -0.1) is 5.73 Å². The Bertz CT molecular complexity index is 695. The van der Waals surface area contributed by atoms with Gasteiger partial charge in [-0.25, -0.2) is 0 Å². The Morgan fingerprint density at radius 3 is 2.04 bits per heavy atom. The maximum absolute atomic E-state index is 10.5. The zero-order valence-electron chi connectivity index (χ0n) is 14.5. The van der Waals surface area contributed by atoms with E-state index in [1.165, 1.54) is 10.4 Å². The average Bonchev–Trinajstić information content (AvgIpc) is 2.56. The van der Waals surface area contributed by atoms with Crippen LogP contribution in [-0.4, -0.2) is 19.3 Å². The molecular weight excluding hydrogens is 296 g/mol. The second kappa shape index (κ2) is 7.61. The SMILES string of the molecule is CC(=C=C(C)[Si](C)(C)c1ccccc1)C(O)Cc1ccccc1. The Labute approximate surface area is 141 Å². The fourth-order valence-corrected chi connectivity index (χ4v) is 4.57. The lowest BCUT2D eigenvalue weighted by atomic mass is 10.0. The molecule has 0 saturated carbocycles. The maximum atomic E-state index is 10.5. The quantitative estimate of drug-likeness (QED) is 0.645. The molecule has 0 aliphatic carbocycles. The highest BCUT2D eigenvalue weighted by molar-refractivity contribution is 6.95. The summed E-state index contributed by atoms with van der Waals surface area (Å²) in [6.45, 7) is 8.80. The fraction of sp³-hybridized carbons (Fsp3) is 0.286. The number of benzene rings is 2. The van der Waals surface area contributed by atoms with Crippen molar-refractivity contribution in [1.82, 2.24) is 0 Å². The Balaban J connectivity index is 2.24. The second-order valence-corrected chi connectivity index (χ2v) is 11.2. The molecule has 2 aromatic rings. The van der Waals surface area contributed by atoms with Crippen LogP contribution in [0.25, 0.3) is 0 Å². The molecule has 2 heteroatoms. The molecule has 1 nitrogen and oxygen atoms in total. The smallest absolute Gasteiger partial charge is 0.116 e. The molecule has 0 radical (unpaired) electrons. The molecule has 0 heterocycles. The number of aliphatic hydroxyl groups excluding tert-OH is 1. The first-order chi connectivity index (χ1) is 10.9. The van der Waals surface area contributed by atoms with Crippen molar-refractivity contribution in [2.45, 2.75) is 39.5 Å². The van der Waals surface area contributed by atoms with Crippen LogP contribution in [0.1, 0.15) is 19.4 Å². The van der Waals surface area contributed by atoms with Crippen molar-refractivity contribution in [2.75, 3.05) is 0 Å². The predicted molar refractivity (Wildman–Crippen MR) is 102 cm³/mol. The summed E-state index contributed by atoms with van der Waals surface area (Å²) < 4.78 is 0. The third-order valence-corrected chi connectivity index (χ3v) is 8.37. The predicted octanol–water partition coefficient (Wildman–Crippen LogP) is 4.24. The number of hydrogen-bond donors (Lipinski definition) is 1. The van der Waals surface area contributed by atoms with Crippen molar-refractivity contribution in [3.63, 3.8) is 0 Å². The van der Waals surface area contributed by atoms with Gasteiger partial charge in [0, 0.05) is 6.42 Å². The highest BCUT2D eigenvalue weighted by Crippen LogP contribution is 2.16. The van der Waals surface area contributed by atoms with Crippen LogP contribution >= 0.6 is 0 Å². The van der Waals surface area contributed by atoms with E-state index in [0.717, 1.165) is 11.1 Å². The van der Waals surface area contributed by atoms with Crippen LogP contribution in [0.3, 0.4) is 0 Å². The lowest BCUT2D eigenvalue weighted by molar-refractivity contribution is 0.211. The second-order valence-electron chi connectivity index (χ2n) is 6.63. The van der Waals surface area contributed by atoms with Crippen LogP contribution in [0.15, 0.2) is 77.2 Å². The van der Waals surface area contributed by atoms with Gasteiger partial charge in [0.2, 0.25) is 0 Å².